The van der Waals surface area contributed by atoms with E-state index in [1.54, 1.807) is 0 Å². The summed E-state index contributed by atoms with van der Waals surface area (Å²) in [6.07, 6.45) is 0. The third kappa shape index (κ3) is 2.05. The number of aromatic nitrogens is 1. The van der Waals surface area contributed by atoms with E-state index in [-0.39, 0.29) is 0 Å². The van der Waals surface area contributed by atoms with Crippen molar-refractivity contribution in [1.29, 1.82) is 5.26 Å². The molecular weight excluding hydrogens is 258 g/mol. The number of hydrogen-bond acceptors (Lipinski definition) is 2. The van der Waals surface area contributed by atoms with Gasteiger partial charge in [0.05, 0.1) is 5.56 Å². The van der Waals surface area contributed by atoms with Crippen molar-refractivity contribution in [3.63, 3.8) is 0 Å². The van der Waals surface area contributed by atoms with Crippen molar-refractivity contribution in [2.75, 3.05) is 5.73 Å². The minimum atomic E-state index is 0.556. The second-order valence-corrected chi connectivity index (χ2v) is 5.31. The van der Waals surface area contributed by atoms with Gasteiger partial charge in [-0.25, -0.2) is 0 Å². The summed E-state index contributed by atoms with van der Waals surface area (Å²) in [4.78, 5) is 0. The number of hydrogen-bond donors (Lipinski definition) is 1. The molecule has 3 heteroatoms. The highest BCUT2D eigenvalue weighted by Crippen LogP contribution is 2.26. The highest BCUT2D eigenvalue weighted by molar-refractivity contribution is 5.85. The van der Waals surface area contributed by atoms with Crippen molar-refractivity contribution in [3.8, 4) is 6.07 Å². The van der Waals surface area contributed by atoms with Crippen LogP contribution in [-0.4, -0.2) is 4.57 Å². The number of benzene rings is 2. The second kappa shape index (κ2) is 4.99. The van der Waals surface area contributed by atoms with Gasteiger partial charge in [0.15, 0.2) is 0 Å². The van der Waals surface area contributed by atoms with Crippen molar-refractivity contribution in [1.82, 2.24) is 4.57 Å². The van der Waals surface area contributed by atoms with Gasteiger partial charge in [-0.15, -0.1) is 0 Å². The number of nitrogen functional groups attached to an aromatic ring is 1. The maximum atomic E-state index is 9.23. The summed E-state index contributed by atoms with van der Waals surface area (Å²) in [7, 11) is 0. The summed E-state index contributed by atoms with van der Waals surface area (Å²) in [5, 5.41) is 11.7. The highest BCUT2D eigenvalue weighted by Gasteiger charge is 2.15. The summed E-state index contributed by atoms with van der Waals surface area (Å²) in [5.41, 5.74) is 9.97. The van der Waals surface area contributed by atoms with Crippen LogP contribution in [0.25, 0.3) is 10.8 Å². The predicted molar refractivity (Wildman–Crippen MR) is 86.1 cm³/mol. The van der Waals surface area contributed by atoms with Gasteiger partial charge in [0, 0.05) is 12.2 Å². The maximum Gasteiger partial charge on any atom is 0.122 e. The third-order valence-electron chi connectivity index (χ3n) is 4.19. The molecule has 1 heterocycles. The summed E-state index contributed by atoms with van der Waals surface area (Å²) >= 11 is 0. The van der Waals surface area contributed by atoms with Crippen molar-refractivity contribution in [2.24, 2.45) is 0 Å². The van der Waals surface area contributed by atoms with E-state index in [1.165, 1.54) is 16.3 Å². The molecule has 3 nitrogen and oxygen atoms in total. The third-order valence-corrected chi connectivity index (χ3v) is 4.19. The van der Waals surface area contributed by atoms with Crippen LogP contribution in [0.15, 0.2) is 42.5 Å². The standard InChI is InChI=1S/C18H17N3/c1-12-13(2)21(18(20)17(12)10-19)11-15-8-5-7-14-6-3-4-9-16(14)15/h3-9H,11,20H2,1-2H3. The molecule has 0 atom stereocenters. The lowest BCUT2D eigenvalue weighted by Crippen LogP contribution is -2.06. The molecule has 0 aliphatic carbocycles. The van der Waals surface area contributed by atoms with Gasteiger partial charge in [-0.3, -0.25) is 0 Å². The number of fused-ring (bicyclic) bond motifs is 1. The molecule has 0 radical (unpaired) electrons. The Bertz CT molecular complexity index is 861. The maximum absolute atomic E-state index is 9.23. The fourth-order valence-electron chi connectivity index (χ4n) is 2.84. The molecule has 2 N–H and O–H groups in total. The Morgan fingerprint density at radius 3 is 2.52 bits per heavy atom. The predicted octanol–water partition coefficient (Wildman–Crippen LogP) is 3.76. The summed E-state index contributed by atoms with van der Waals surface area (Å²) in [6.45, 7) is 4.64. The quantitative estimate of drug-likeness (QED) is 0.774. The fraction of sp³-hybridized carbons (Fsp3) is 0.167. The Hall–Kier alpha value is -2.73. The fourth-order valence-corrected chi connectivity index (χ4v) is 2.84. The minimum absolute atomic E-state index is 0.556. The van der Waals surface area contributed by atoms with Crippen LogP contribution in [-0.2, 0) is 6.54 Å². The Morgan fingerprint density at radius 2 is 1.81 bits per heavy atom. The molecule has 0 fully saturated rings. The molecule has 1 aromatic heterocycles. The molecule has 0 saturated heterocycles. The first-order valence-corrected chi connectivity index (χ1v) is 6.95. The molecule has 3 aromatic rings. The Labute approximate surface area is 124 Å². The lowest BCUT2D eigenvalue weighted by molar-refractivity contribution is 0.788. The van der Waals surface area contributed by atoms with Crippen molar-refractivity contribution < 1.29 is 0 Å². The van der Waals surface area contributed by atoms with Crippen LogP contribution in [0.2, 0.25) is 0 Å². The molecule has 0 aliphatic rings. The molecule has 0 aliphatic heterocycles. The lowest BCUT2D eigenvalue weighted by Gasteiger charge is -2.11. The van der Waals surface area contributed by atoms with Crippen LogP contribution in [0, 0.1) is 25.2 Å². The molecule has 21 heavy (non-hydrogen) atoms. The Kier molecular flexibility index (Phi) is 3.15. The van der Waals surface area contributed by atoms with Crippen molar-refractivity contribution in [3.05, 3.63) is 64.8 Å². The molecule has 2 aromatic carbocycles. The van der Waals surface area contributed by atoms with Gasteiger partial charge in [0.25, 0.3) is 0 Å². The highest BCUT2D eigenvalue weighted by atomic mass is 15.1. The van der Waals surface area contributed by atoms with E-state index in [0.29, 0.717) is 17.9 Å². The van der Waals surface area contributed by atoms with Gasteiger partial charge in [0.2, 0.25) is 0 Å². The summed E-state index contributed by atoms with van der Waals surface area (Å²) in [5.74, 6) is 0.556. The van der Waals surface area contributed by atoms with Gasteiger partial charge in [0.1, 0.15) is 11.9 Å². The zero-order valence-electron chi connectivity index (χ0n) is 12.2. The second-order valence-electron chi connectivity index (χ2n) is 5.31. The average molecular weight is 275 g/mol. The first-order chi connectivity index (χ1) is 10.1. The van der Waals surface area contributed by atoms with Crippen LogP contribution in [0.3, 0.4) is 0 Å². The first kappa shape index (κ1) is 13.3. The van der Waals surface area contributed by atoms with Crippen LogP contribution < -0.4 is 5.73 Å². The van der Waals surface area contributed by atoms with E-state index in [1.807, 2.05) is 30.5 Å². The number of anilines is 1. The van der Waals surface area contributed by atoms with E-state index in [0.717, 1.165) is 11.3 Å². The molecule has 0 unspecified atom stereocenters. The van der Waals surface area contributed by atoms with Gasteiger partial charge in [-0.1, -0.05) is 42.5 Å². The van der Waals surface area contributed by atoms with Gasteiger partial charge < -0.3 is 10.3 Å². The average Bonchev–Trinajstić information content (AvgIpc) is 2.71. The topological polar surface area (TPSA) is 54.7 Å². The zero-order chi connectivity index (χ0) is 15.0. The SMILES string of the molecule is Cc1c(C#N)c(N)n(Cc2cccc3ccccc23)c1C. The van der Waals surface area contributed by atoms with Gasteiger partial charge >= 0.3 is 0 Å². The lowest BCUT2D eigenvalue weighted by atomic mass is 10.0. The monoisotopic (exact) mass is 275 g/mol. The molecule has 0 bridgehead atoms. The first-order valence-electron chi connectivity index (χ1n) is 6.95. The number of nitrogens with zero attached hydrogens (tertiary/aromatic N) is 2. The minimum Gasteiger partial charge on any atom is -0.384 e. The molecule has 3 rings (SSSR count). The summed E-state index contributed by atoms with van der Waals surface area (Å²) in [6, 6.07) is 16.8. The molecular formula is C18H17N3. The largest absolute Gasteiger partial charge is 0.384 e. The van der Waals surface area contributed by atoms with Crippen molar-refractivity contribution in [2.45, 2.75) is 20.4 Å². The van der Waals surface area contributed by atoms with Gasteiger partial charge in [-0.2, -0.15) is 5.26 Å². The van der Waals surface area contributed by atoms with E-state index in [4.69, 9.17) is 5.73 Å². The van der Waals surface area contributed by atoms with Crippen LogP contribution >= 0.6 is 0 Å². The Balaban J connectivity index is 2.14. The molecule has 104 valence electrons. The van der Waals surface area contributed by atoms with Gasteiger partial charge in [-0.05, 0) is 35.7 Å². The smallest absolute Gasteiger partial charge is 0.122 e. The van der Waals surface area contributed by atoms with Crippen molar-refractivity contribution >= 4 is 16.6 Å². The van der Waals surface area contributed by atoms with E-state index >= 15 is 0 Å². The van der Waals surface area contributed by atoms with Crippen LogP contribution in [0.5, 0.6) is 0 Å². The van der Waals surface area contributed by atoms with E-state index in [2.05, 4.69) is 36.4 Å². The molecule has 0 amide bonds. The molecule has 0 saturated carbocycles. The van der Waals surface area contributed by atoms with Crippen LogP contribution in [0.1, 0.15) is 22.4 Å². The summed E-state index contributed by atoms with van der Waals surface area (Å²) < 4.78 is 2.02. The van der Waals surface area contributed by atoms with E-state index < -0.39 is 0 Å². The Morgan fingerprint density at radius 1 is 1.10 bits per heavy atom. The molecule has 0 spiro atoms. The van der Waals surface area contributed by atoms with Crippen LogP contribution in [0.4, 0.5) is 5.82 Å². The number of rotatable bonds is 2. The normalized spacial score (nSPS) is 10.7. The zero-order valence-corrected chi connectivity index (χ0v) is 12.2. The number of nitriles is 1. The van der Waals surface area contributed by atoms with E-state index in [9.17, 15) is 5.26 Å². The number of nitrogens with two attached hydrogens (primary N) is 1.